The molecule has 0 bridgehead atoms. The molecule has 1 unspecified atom stereocenters. The first-order valence-electron chi connectivity index (χ1n) is 8.66. The Morgan fingerprint density at radius 2 is 2.04 bits per heavy atom. The first-order valence-corrected chi connectivity index (χ1v) is 8.66. The molecule has 0 N–H and O–H groups in total. The second-order valence-electron chi connectivity index (χ2n) is 7.21. The van der Waals surface area contributed by atoms with Gasteiger partial charge in [-0.25, -0.2) is 19.9 Å². The maximum Gasteiger partial charge on any atom is 0.225 e. The van der Waals surface area contributed by atoms with Gasteiger partial charge >= 0.3 is 0 Å². The third-order valence-corrected chi connectivity index (χ3v) is 5.29. The van der Waals surface area contributed by atoms with Crippen molar-refractivity contribution in [1.82, 2.24) is 19.9 Å². The van der Waals surface area contributed by atoms with E-state index in [1.807, 2.05) is 44.4 Å². The summed E-state index contributed by atoms with van der Waals surface area (Å²) in [7, 11) is 4.00. The van der Waals surface area contributed by atoms with Crippen molar-refractivity contribution in [1.29, 1.82) is 0 Å². The van der Waals surface area contributed by atoms with Gasteiger partial charge in [-0.3, -0.25) is 0 Å². The topological polar surface area (TPSA) is 58.0 Å². The largest absolute Gasteiger partial charge is 0.356 e. The monoisotopic (exact) mass is 324 g/mol. The Balaban J connectivity index is 1.69. The summed E-state index contributed by atoms with van der Waals surface area (Å²) in [5.74, 6) is 2.68. The highest BCUT2D eigenvalue weighted by Crippen LogP contribution is 2.44. The number of nitrogens with zero attached hydrogens (tertiary/aromatic N) is 6. The first-order chi connectivity index (χ1) is 11.6. The average molecular weight is 324 g/mol. The van der Waals surface area contributed by atoms with Gasteiger partial charge in [0.15, 0.2) is 0 Å². The lowest BCUT2D eigenvalue weighted by Crippen LogP contribution is -2.46. The molecule has 6 nitrogen and oxygen atoms in total. The van der Waals surface area contributed by atoms with Crippen LogP contribution in [0.5, 0.6) is 0 Å². The first kappa shape index (κ1) is 15.3. The van der Waals surface area contributed by atoms with E-state index in [0.717, 1.165) is 43.5 Å². The van der Waals surface area contributed by atoms with Crippen molar-refractivity contribution < 1.29 is 0 Å². The van der Waals surface area contributed by atoms with Crippen LogP contribution >= 0.6 is 0 Å². The van der Waals surface area contributed by atoms with Crippen molar-refractivity contribution in [3.05, 3.63) is 35.5 Å². The van der Waals surface area contributed by atoms with Crippen LogP contribution in [0, 0.1) is 6.92 Å². The molecule has 0 radical (unpaired) electrons. The standard InChI is InChI=1S/C18H24N6/c1-13-19-9-6-15(21-13)24-10-4-7-18(12-24)8-5-14-11-20-17(23(2)3)22-16(14)18/h6,9,11H,4-5,7-8,10,12H2,1-3H3. The Labute approximate surface area is 143 Å². The molecule has 2 aromatic heterocycles. The number of rotatable bonds is 2. The van der Waals surface area contributed by atoms with E-state index < -0.39 is 0 Å². The highest BCUT2D eigenvalue weighted by atomic mass is 15.2. The second kappa shape index (κ2) is 5.69. The van der Waals surface area contributed by atoms with Crippen LogP contribution in [0.2, 0.25) is 0 Å². The average Bonchev–Trinajstić information content (AvgIpc) is 2.92. The van der Waals surface area contributed by atoms with Crippen molar-refractivity contribution in [3.8, 4) is 0 Å². The van der Waals surface area contributed by atoms with Gasteiger partial charge < -0.3 is 9.80 Å². The SMILES string of the molecule is Cc1nccc(N2CCCC3(CCc4cnc(N(C)C)nc43)C2)n1. The Kier molecular flexibility index (Phi) is 3.62. The molecule has 1 aliphatic heterocycles. The van der Waals surface area contributed by atoms with E-state index in [-0.39, 0.29) is 5.41 Å². The van der Waals surface area contributed by atoms with Crippen LogP contribution in [0.4, 0.5) is 11.8 Å². The fourth-order valence-corrected chi connectivity index (χ4v) is 4.09. The predicted octanol–water partition coefficient (Wildman–Crippen LogP) is 2.13. The summed E-state index contributed by atoms with van der Waals surface area (Å²) in [5.41, 5.74) is 2.72. The second-order valence-corrected chi connectivity index (χ2v) is 7.21. The summed E-state index contributed by atoms with van der Waals surface area (Å²) in [6.45, 7) is 3.99. The summed E-state index contributed by atoms with van der Waals surface area (Å²) in [6, 6.07) is 2.02. The van der Waals surface area contributed by atoms with Crippen molar-refractivity contribution in [2.45, 2.75) is 38.0 Å². The number of anilines is 2. The van der Waals surface area contributed by atoms with Gasteiger partial charge in [0, 0.05) is 45.0 Å². The van der Waals surface area contributed by atoms with Crippen molar-refractivity contribution >= 4 is 11.8 Å². The molecule has 3 heterocycles. The fourth-order valence-electron chi connectivity index (χ4n) is 4.09. The molecule has 2 aromatic rings. The van der Waals surface area contributed by atoms with Crippen LogP contribution in [-0.2, 0) is 11.8 Å². The van der Waals surface area contributed by atoms with E-state index in [0.29, 0.717) is 0 Å². The molecule has 1 fully saturated rings. The molecule has 4 rings (SSSR count). The van der Waals surface area contributed by atoms with Gasteiger partial charge in [0.05, 0.1) is 5.69 Å². The molecular weight excluding hydrogens is 300 g/mol. The van der Waals surface area contributed by atoms with Crippen molar-refractivity contribution in [2.24, 2.45) is 0 Å². The van der Waals surface area contributed by atoms with Gasteiger partial charge in [-0.2, -0.15) is 0 Å². The van der Waals surface area contributed by atoms with Crippen LogP contribution in [0.1, 0.15) is 36.3 Å². The zero-order chi connectivity index (χ0) is 16.7. The molecule has 1 aliphatic carbocycles. The predicted molar refractivity (Wildman–Crippen MR) is 94.6 cm³/mol. The zero-order valence-corrected chi connectivity index (χ0v) is 14.7. The van der Waals surface area contributed by atoms with Gasteiger partial charge in [-0.05, 0) is 44.2 Å². The summed E-state index contributed by atoms with van der Waals surface area (Å²) in [4.78, 5) is 22.7. The van der Waals surface area contributed by atoms with Crippen LogP contribution in [0.25, 0.3) is 0 Å². The maximum atomic E-state index is 4.93. The van der Waals surface area contributed by atoms with Crippen molar-refractivity contribution in [3.63, 3.8) is 0 Å². The molecule has 1 spiro atoms. The lowest BCUT2D eigenvalue weighted by molar-refractivity contribution is 0.333. The molecule has 6 heteroatoms. The van der Waals surface area contributed by atoms with E-state index in [1.54, 1.807) is 0 Å². The zero-order valence-electron chi connectivity index (χ0n) is 14.7. The smallest absolute Gasteiger partial charge is 0.225 e. The molecular formula is C18H24N6. The highest BCUT2D eigenvalue weighted by Gasteiger charge is 2.44. The summed E-state index contributed by atoms with van der Waals surface area (Å²) >= 11 is 0. The quantitative estimate of drug-likeness (QED) is 0.843. The number of hydrogen-bond acceptors (Lipinski definition) is 6. The molecule has 1 saturated heterocycles. The van der Waals surface area contributed by atoms with Crippen LogP contribution in [0.3, 0.4) is 0 Å². The molecule has 1 atom stereocenters. The van der Waals surface area contributed by atoms with Crippen LogP contribution < -0.4 is 9.80 Å². The summed E-state index contributed by atoms with van der Waals surface area (Å²) < 4.78 is 0. The van der Waals surface area contributed by atoms with Gasteiger partial charge in [0.25, 0.3) is 0 Å². The third kappa shape index (κ3) is 2.50. The molecule has 0 aromatic carbocycles. The Morgan fingerprint density at radius 1 is 1.17 bits per heavy atom. The third-order valence-electron chi connectivity index (χ3n) is 5.29. The van der Waals surface area contributed by atoms with Crippen LogP contribution in [-0.4, -0.2) is 47.1 Å². The maximum absolute atomic E-state index is 4.93. The lowest BCUT2D eigenvalue weighted by Gasteiger charge is -2.41. The van der Waals surface area contributed by atoms with Gasteiger partial charge in [0.1, 0.15) is 11.6 Å². The fraction of sp³-hybridized carbons (Fsp3) is 0.556. The Bertz CT molecular complexity index is 755. The molecule has 126 valence electrons. The number of hydrogen-bond donors (Lipinski definition) is 0. The number of aryl methyl sites for hydroxylation is 2. The van der Waals surface area contributed by atoms with Crippen molar-refractivity contribution in [2.75, 3.05) is 37.0 Å². The number of fused-ring (bicyclic) bond motifs is 2. The van der Waals surface area contributed by atoms with Gasteiger partial charge in [0.2, 0.25) is 5.95 Å². The molecule has 0 saturated carbocycles. The van der Waals surface area contributed by atoms with E-state index in [2.05, 4.69) is 19.9 Å². The minimum Gasteiger partial charge on any atom is -0.356 e. The minimum atomic E-state index is 0.139. The molecule has 0 amide bonds. The van der Waals surface area contributed by atoms with Gasteiger partial charge in [-0.15, -0.1) is 0 Å². The minimum absolute atomic E-state index is 0.139. The van der Waals surface area contributed by atoms with Gasteiger partial charge in [-0.1, -0.05) is 0 Å². The lowest BCUT2D eigenvalue weighted by atomic mass is 9.77. The number of aromatic nitrogens is 4. The van der Waals surface area contributed by atoms with E-state index in [9.17, 15) is 0 Å². The number of piperidine rings is 1. The van der Waals surface area contributed by atoms with E-state index in [1.165, 1.54) is 24.1 Å². The normalized spacial score (nSPS) is 22.7. The Morgan fingerprint density at radius 3 is 2.83 bits per heavy atom. The van der Waals surface area contributed by atoms with Crippen LogP contribution in [0.15, 0.2) is 18.5 Å². The summed E-state index contributed by atoms with van der Waals surface area (Å²) in [6.07, 6.45) is 8.50. The summed E-state index contributed by atoms with van der Waals surface area (Å²) in [5, 5.41) is 0. The van der Waals surface area contributed by atoms with E-state index >= 15 is 0 Å². The molecule has 2 aliphatic rings. The van der Waals surface area contributed by atoms with E-state index in [4.69, 9.17) is 4.98 Å². The highest BCUT2D eigenvalue weighted by molar-refractivity contribution is 5.45. The Hall–Kier alpha value is -2.24. The molecule has 24 heavy (non-hydrogen) atoms.